The Bertz CT molecular complexity index is 1290. The normalized spacial score (nSPS) is 12.3. The first-order valence-corrected chi connectivity index (χ1v) is 9.16. The van der Waals surface area contributed by atoms with E-state index in [1.54, 1.807) is 12.1 Å². The topological polar surface area (TPSA) is 77.8 Å². The Morgan fingerprint density at radius 1 is 0.562 bits per heavy atom. The molecule has 0 spiro atoms. The summed E-state index contributed by atoms with van der Waals surface area (Å²) < 4.78 is 77.9. The van der Waals surface area contributed by atoms with Crippen LogP contribution in [0.2, 0.25) is 0 Å². The van der Waals surface area contributed by atoms with Gasteiger partial charge in [0.25, 0.3) is 0 Å². The summed E-state index contributed by atoms with van der Waals surface area (Å²) in [6.07, 6.45) is -9.03. The lowest BCUT2D eigenvalue weighted by Gasteiger charge is -2.15. The quantitative estimate of drug-likeness (QED) is 0.360. The van der Waals surface area contributed by atoms with Gasteiger partial charge in [0.15, 0.2) is 11.6 Å². The molecule has 32 heavy (non-hydrogen) atoms. The molecule has 0 saturated carbocycles. The molecule has 0 aliphatic carbocycles. The minimum Gasteiger partial charge on any atom is -0.381 e. The van der Waals surface area contributed by atoms with E-state index in [1.165, 1.54) is 24.3 Å². The van der Waals surface area contributed by atoms with Crippen LogP contribution in [0.1, 0.15) is 11.1 Å². The second kappa shape index (κ2) is 7.40. The second-order valence-corrected chi connectivity index (χ2v) is 7.00. The first-order chi connectivity index (χ1) is 14.9. The number of hydrogen-bond acceptors (Lipinski definition) is 4. The number of benzene rings is 3. The van der Waals surface area contributed by atoms with Crippen molar-refractivity contribution in [1.82, 2.24) is 9.97 Å². The molecule has 0 amide bonds. The molecule has 1 aromatic heterocycles. The van der Waals surface area contributed by atoms with Crippen LogP contribution < -0.4 is 11.5 Å². The summed E-state index contributed by atoms with van der Waals surface area (Å²) in [5.74, 6) is -0.0895. The van der Waals surface area contributed by atoms with Gasteiger partial charge in [0.05, 0.1) is 22.2 Å². The molecule has 0 unspecified atom stereocenters. The largest absolute Gasteiger partial charge is 0.416 e. The van der Waals surface area contributed by atoms with E-state index in [0.29, 0.717) is 27.8 Å². The Balaban J connectivity index is 1.97. The van der Waals surface area contributed by atoms with E-state index >= 15 is 0 Å². The second-order valence-electron chi connectivity index (χ2n) is 7.00. The van der Waals surface area contributed by atoms with Crippen molar-refractivity contribution in [2.24, 2.45) is 0 Å². The molecule has 4 nitrogen and oxygen atoms in total. The predicted molar refractivity (Wildman–Crippen MR) is 109 cm³/mol. The summed E-state index contributed by atoms with van der Waals surface area (Å²) in [6.45, 7) is 0. The van der Waals surface area contributed by atoms with E-state index in [4.69, 9.17) is 11.5 Å². The summed E-state index contributed by atoms with van der Waals surface area (Å²) in [5.41, 5.74) is 12.0. The van der Waals surface area contributed by atoms with Crippen LogP contribution in [0.15, 0.2) is 60.7 Å². The lowest BCUT2D eigenvalue weighted by atomic mass is 9.92. The van der Waals surface area contributed by atoms with Crippen molar-refractivity contribution in [2.45, 2.75) is 12.4 Å². The van der Waals surface area contributed by atoms with E-state index in [-0.39, 0.29) is 17.2 Å². The molecular weight excluding hydrogens is 434 g/mol. The standard InChI is InChI=1S/C22H14F6N4/c23-21(24,25)13-5-1-11(2-6-13)15-9-10-16-18(32-20(30)19(29)31-16)17(15)12-3-7-14(8-4-12)22(26,27)28/h1-10H,(H2,29,31)(H2,30,32). The van der Waals surface area contributed by atoms with Crippen LogP contribution in [0.4, 0.5) is 38.0 Å². The molecule has 0 aliphatic heterocycles. The number of hydrogen-bond donors (Lipinski definition) is 2. The highest BCUT2D eigenvalue weighted by atomic mass is 19.4. The van der Waals surface area contributed by atoms with Crippen LogP contribution in [0.25, 0.3) is 33.3 Å². The van der Waals surface area contributed by atoms with Gasteiger partial charge in [0.2, 0.25) is 0 Å². The van der Waals surface area contributed by atoms with Crippen LogP contribution in [0.5, 0.6) is 0 Å². The van der Waals surface area contributed by atoms with Gasteiger partial charge in [0, 0.05) is 5.56 Å². The molecule has 164 valence electrons. The van der Waals surface area contributed by atoms with Crippen LogP contribution >= 0.6 is 0 Å². The van der Waals surface area contributed by atoms with Gasteiger partial charge >= 0.3 is 12.4 Å². The summed E-state index contributed by atoms with van der Waals surface area (Å²) in [4.78, 5) is 8.41. The number of aromatic nitrogens is 2. The first-order valence-electron chi connectivity index (χ1n) is 9.16. The number of alkyl halides is 6. The van der Waals surface area contributed by atoms with Gasteiger partial charge in [-0.05, 0) is 47.0 Å². The highest BCUT2D eigenvalue weighted by Crippen LogP contribution is 2.40. The molecular formula is C22H14F6N4. The Labute approximate surface area is 177 Å². The number of rotatable bonds is 2. The SMILES string of the molecule is Nc1nc2ccc(-c3ccc(C(F)(F)F)cc3)c(-c3ccc(C(F)(F)F)cc3)c2nc1N. The van der Waals surface area contributed by atoms with Crippen molar-refractivity contribution < 1.29 is 26.3 Å². The summed E-state index contributed by atoms with van der Waals surface area (Å²) >= 11 is 0. The van der Waals surface area contributed by atoms with E-state index in [9.17, 15) is 26.3 Å². The molecule has 0 radical (unpaired) electrons. The Hall–Kier alpha value is -3.82. The Morgan fingerprint density at radius 3 is 1.53 bits per heavy atom. The van der Waals surface area contributed by atoms with Crippen molar-refractivity contribution in [1.29, 1.82) is 0 Å². The van der Waals surface area contributed by atoms with E-state index < -0.39 is 23.5 Å². The number of anilines is 2. The molecule has 4 N–H and O–H groups in total. The fourth-order valence-electron chi connectivity index (χ4n) is 3.35. The maximum Gasteiger partial charge on any atom is 0.416 e. The molecule has 4 aromatic rings. The number of nitrogens with two attached hydrogens (primary N) is 2. The third-order valence-corrected chi connectivity index (χ3v) is 4.92. The maximum atomic E-state index is 13.0. The lowest BCUT2D eigenvalue weighted by Crippen LogP contribution is -2.05. The van der Waals surface area contributed by atoms with Gasteiger partial charge in [0.1, 0.15) is 0 Å². The molecule has 10 heteroatoms. The summed E-state index contributed by atoms with van der Waals surface area (Å²) in [5, 5.41) is 0. The molecule has 4 rings (SSSR count). The number of halogens is 6. The Kier molecular flexibility index (Phi) is 4.95. The zero-order valence-electron chi connectivity index (χ0n) is 16.1. The third kappa shape index (κ3) is 3.91. The van der Waals surface area contributed by atoms with Gasteiger partial charge in [-0.25, -0.2) is 9.97 Å². The minimum absolute atomic E-state index is 0.0156. The van der Waals surface area contributed by atoms with Crippen molar-refractivity contribution >= 4 is 22.7 Å². The van der Waals surface area contributed by atoms with Gasteiger partial charge in [-0.1, -0.05) is 30.3 Å². The highest BCUT2D eigenvalue weighted by molar-refractivity contribution is 6.01. The average Bonchev–Trinajstić information content (AvgIpc) is 2.73. The van der Waals surface area contributed by atoms with Crippen molar-refractivity contribution in [3.8, 4) is 22.3 Å². The smallest absolute Gasteiger partial charge is 0.381 e. The van der Waals surface area contributed by atoms with Crippen LogP contribution in [-0.4, -0.2) is 9.97 Å². The average molecular weight is 448 g/mol. The maximum absolute atomic E-state index is 13.0. The van der Waals surface area contributed by atoms with Crippen LogP contribution in [0.3, 0.4) is 0 Å². The van der Waals surface area contributed by atoms with Gasteiger partial charge in [-0.2, -0.15) is 26.3 Å². The van der Waals surface area contributed by atoms with Crippen molar-refractivity contribution in [2.75, 3.05) is 11.5 Å². The van der Waals surface area contributed by atoms with Crippen LogP contribution in [0, 0.1) is 0 Å². The number of nitrogens with zero attached hydrogens (tertiary/aromatic N) is 2. The molecule has 0 atom stereocenters. The fraction of sp³-hybridized carbons (Fsp3) is 0.0909. The molecule has 0 fully saturated rings. The van der Waals surface area contributed by atoms with Crippen LogP contribution in [-0.2, 0) is 12.4 Å². The summed E-state index contributed by atoms with van der Waals surface area (Å²) in [7, 11) is 0. The monoisotopic (exact) mass is 448 g/mol. The van der Waals surface area contributed by atoms with Gasteiger partial charge < -0.3 is 11.5 Å². The van der Waals surface area contributed by atoms with Crippen molar-refractivity contribution in [3.05, 3.63) is 71.8 Å². The molecule has 0 aliphatic rings. The molecule has 1 heterocycles. The van der Waals surface area contributed by atoms with E-state index in [0.717, 1.165) is 24.3 Å². The predicted octanol–water partition coefficient (Wildman–Crippen LogP) is 6.17. The number of fused-ring (bicyclic) bond motifs is 1. The van der Waals surface area contributed by atoms with Crippen molar-refractivity contribution in [3.63, 3.8) is 0 Å². The van der Waals surface area contributed by atoms with Gasteiger partial charge in [-0.3, -0.25) is 0 Å². The van der Waals surface area contributed by atoms with Gasteiger partial charge in [-0.15, -0.1) is 0 Å². The number of nitrogen functional groups attached to an aromatic ring is 2. The fourth-order valence-corrected chi connectivity index (χ4v) is 3.35. The molecule has 0 bridgehead atoms. The lowest BCUT2D eigenvalue weighted by molar-refractivity contribution is -0.138. The molecule has 0 saturated heterocycles. The van der Waals surface area contributed by atoms with E-state index in [2.05, 4.69) is 9.97 Å². The third-order valence-electron chi connectivity index (χ3n) is 4.92. The van der Waals surface area contributed by atoms with E-state index in [1.807, 2.05) is 0 Å². The zero-order chi connectivity index (χ0) is 23.3. The first kappa shape index (κ1) is 21.4. The Morgan fingerprint density at radius 2 is 1.03 bits per heavy atom. The zero-order valence-corrected chi connectivity index (χ0v) is 16.1. The summed E-state index contributed by atoms with van der Waals surface area (Å²) in [6, 6.07) is 12.0. The highest BCUT2D eigenvalue weighted by Gasteiger charge is 2.31. The minimum atomic E-state index is -4.52. The molecule has 3 aromatic carbocycles.